The van der Waals surface area contributed by atoms with Crippen molar-refractivity contribution in [1.29, 1.82) is 0 Å². The third-order valence-electron chi connectivity index (χ3n) is 1.92. The minimum atomic E-state index is -1.04. The minimum Gasteiger partial charge on any atom is -0.449 e. The Morgan fingerprint density at radius 2 is 2.06 bits per heavy atom. The first-order valence-electron chi connectivity index (χ1n) is 4.47. The van der Waals surface area contributed by atoms with Gasteiger partial charge >= 0.3 is 5.97 Å². The average molecular weight is 226 g/mol. The molecule has 0 saturated carbocycles. The van der Waals surface area contributed by atoms with Gasteiger partial charge in [0.2, 0.25) is 0 Å². The monoisotopic (exact) mass is 226 g/mol. The number of halogens is 1. The average Bonchev–Trinajstić information content (AvgIpc) is 2.21. The third-order valence-corrected chi connectivity index (χ3v) is 1.92. The highest BCUT2D eigenvalue weighted by atomic mass is 19.1. The molecule has 0 fully saturated rings. The highest BCUT2D eigenvalue weighted by Crippen LogP contribution is 2.13. The van der Waals surface area contributed by atoms with Crippen molar-refractivity contribution in [3.05, 3.63) is 29.6 Å². The number of hydrogen-bond acceptors (Lipinski definition) is 4. The van der Waals surface area contributed by atoms with Crippen LogP contribution in [0.2, 0.25) is 0 Å². The molecule has 1 rings (SSSR count). The molecular weight excluding hydrogens is 215 g/mol. The van der Waals surface area contributed by atoms with E-state index in [1.165, 1.54) is 13.0 Å². The molecule has 5 nitrogen and oxygen atoms in total. The predicted octanol–water partition coefficient (Wildman–Crippen LogP) is 0.438. The zero-order valence-corrected chi connectivity index (χ0v) is 8.57. The van der Waals surface area contributed by atoms with E-state index in [0.29, 0.717) is 0 Å². The fourth-order valence-electron chi connectivity index (χ4n) is 0.957. The summed E-state index contributed by atoms with van der Waals surface area (Å²) in [5.74, 6) is -2.17. The van der Waals surface area contributed by atoms with Gasteiger partial charge in [0, 0.05) is 0 Å². The number of carbonyl (C=O) groups excluding carboxylic acids is 2. The number of esters is 1. The Morgan fingerprint density at radius 1 is 1.44 bits per heavy atom. The molecule has 0 aliphatic rings. The van der Waals surface area contributed by atoms with E-state index in [9.17, 15) is 14.0 Å². The third kappa shape index (κ3) is 2.69. The lowest BCUT2D eigenvalue weighted by Crippen LogP contribution is -2.30. The summed E-state index contributed by atoms with van der Waals surface area (Å²) in [7, 11) is 0. The zero-order valence-electron chi connectivity index (χ0n) is 8.57. The van der Waals surface area contributed by atoms with Crippen LogP contribution in [0.3, 0.4) is 0 Å². The van der Waals surface area contributed by atoms with Crippen LogP contribution in [0.1, 0.15) is 17.3 Å². The van der Waals surface area contributed by atoms with Gasteiger partial charge in [0.15, 0.2) is 6.10 Å². The quantitative estimate of drug-likeness (QED) is 0.577. The number of nitrogen functional groups attached to an aromatic ring is 1. The summed E-state index contributed by atoms with van der Waals surface area (Å²) in [5.41, 5.74) is 10.1. The van der Waals surface area contributed by atoms with Gasteiger partial charge < -0.3 is 16.2 Å². The summed E-state index contributed by atoms with van der Waals surface area (Å²) in [5, 5.41) is 0. The number of ether oxygens (including phenoxy) is 1. The molecule has 0 radical (unpaired) electrons. The van der Waals surface area contributed by atoms with E-state index in [4.69, 9.17) is 16.2 Å². The molecule has 0 bridgehead atoms. The molecule has 0 saturated heterocycles. The predicted molar refractivity (Wildman–Crippen MR) is 54.9 cm³/mol. The number of primary amides is 1. The van der Waals surface area contributed by atoms with Crippen LogP contribution >= 0.6 is 0 Å². The van der Waals surface area contributed by atoms with Crippen LogP contribution in [0.4, 0.5) is 10.1 Å². The van der Waals surface area contributed by atoms with Crippen LogP contribution in [0.15, 0.2) is 18.2 Å². The maximum absolute atomic E-state index is 12.8. The SMILES string of the molecule is CC(OC(=O)c1ccc(F)c(N)c1)C(N)=O. The molecule has 86 valence electrons. The molecule has 1 amide bonds. The summed E-state index contributed by atoms with van der Waals surface area (Å²) in [6.45, 7) is 1.34. The summed E-state index contributed by atoms with van der Waals surface area (Å²) < 4.78 is 17.5. The van der Waals surface area contributed by atoms with E-state index < -0.39 is 23.8 Å². The van der Waals surface area contributed by atoms with Gasteiger partial charge in [-0.2, -0.15) is 0 Å². The van der Waals surface area contributed by atoms with E-state index in [0.717, 1.165) is 12.1 Å². The highest BCUT2D eigenvalue weighted by Gasteiger charge is 2.16. The van der Waals surface area contributed by atoms with Crippen molar-refractivity contribution in [3.63, 3.8) is 0 Å². The first-order valence-corrected chi connectivity index (χ1v) is 4.47. The number of rotatable bonds is 3. The first-order chi connectivity index (χ1) is 7.41. The topological polar surface area (TPSA) is 95.4 Å². The van der Waals surface area contributed by atoms with Gasteiger partial charge in [0.05, 0.1) is 11.3 Å². The number of anilines is 1. The second-order valence-corrected chi connectivity index (χ2v) is 3.19. The largest absolute Gasteiger partial charge is 0.449 e. The molecule has 6 heteroatoms. The molecule has 1 unspecified atom stereocenters. The Balaban J connectivity index is 2.81. The van der Waals surface area contributed by atoms with E-state index in [1.54, 1.807) is 0 Å². The molecule has 0 aliphatic heterocycles. The van der Waals surface area contributed by atoms with Gasteiger partial charge in [-0.25, -0.2) is 9.18 Å². The minimum absolute atomic E-state index is 0.0620. The van der Waals surface area contributed by atoms with Crippen LogP contribution in [0.25, 0.3) is 0 Å². The second-order valence-electron chi connectivity index (χ2n) is 3.19. The lowest BCUT2D eigenvalue weighted by Gasteiger charge is -2.09. The van der Waals surface area contributed by atoms with E-state index in [1.807, 2.05) is 0 Å². The summed E-state index contributed by atoms with van der Waals surface area (Å²) in [6.07, 6.45) is -1.04. The molecule has 1 atom stereocenters. The Kier molecular flexibility index (Phi) is 3.44. The smallest absolute Gasteiger partial charge is 0.338 e. The van der Waals surface area contributed by atoms with Crippen LogP contribution in [0, 0.1) is 5.82 Å². The molecule has 0 heterocycles. The second kappa shape index (κ2) is 4.61. The van der Waals surface area contributed by atoms with Crippen LogP contribution in [-0.2, 0) is 9.53 Å². The Bertz CT molecular complexity index is 434. The van der Waals surface area contributed by atoms with Gasteiger partial charge in [0.1, 0.15) is 5.82 Å². The van der Waals surface area contributed by atoms with Crippen molar-refractivity contribution in [1.82, 2.24) is 0 Å². The van der Waals surface area contributed by atoms with Crippen molar-refractivity contribution >= 4 is 17.6 Å². The molecule has 16 heavy (non-hydrogen) atoms. The van der Waals surface area contributed by atoms with Crippen molar-refractivity contribution in [2.45, 2.75) is 13.0 Å². The fourth-order valence-corrected chi connectivity index (χ4v) is 0.957. The Labute approximate surface area is 91.2 Å². The van der Waals surface area contributed by atoms with Crippen molar-refractivity contribution in [2.24, 2.45) is 5.73 Å². The molecular formula is C10H11FN2O3. The number of nitrogens with two attached hydrogens (primary N) is 2. The number of amides is 1. The normalized spacial score (nSPS) is 11.9. The number of benzene rings is 1. The highest BCUT2D eigenvalue weighted by molar-refractivity contribution is 5.92. The maximum Gasteiger partial charge on any atom is 0.338 e. The van der Waals surface area contributed by atoms with Gasteiger partial charge in [-0.1, -0.05) is 0 Å². The van der Waals surface area contributed by atoms with Crippen molar-refractivity contribution < 1.29 is 18.7 Å². The standard InChI is InChI=1S/C10H11FN2O3/c1-5(9(13)14)16-10(15)6-2-3-7(11)8(12)4-6/h2-5H,12H2,1H3,(H2,13,14). The van der Waals surface area contributed by atoms with Gasteiger partial charge in [-0.15, -0.1) is 0 Å². The Morgan fingerprint density at radius 3 is 2.56 bits per heavy atom. The number of carbonyl (C=O) groups is 2. The first kappa shape index (κ1) is 12.0. The van der Waals surface area contributed by atoms with Gasteiger partial charge in [-0.3, -0.25) is 4.79 Å². The molecule has 1 aromatic carbocycles. The number of hydrogen-bond donors (Lipinski definition) is 2. The van der Waals surface area contributed by atoms with Gasteiger partial charge in [0.25, 0.3) is 5.91 Å². The lowest BCUT2D eigenvalue weighted by atomic mass is 10.2. The van der Waals surface area contributed by atoms with E-state index in [2.05, 4.69) is 0 Å². The van der Waals surface area contributed by atoms with Crippen LogP contribution < -0.4 is 11.5 Å². The summed E-state index contributed by atoms with van der Waals surface area (Å²) >= 11 is 0. The summed E-state index contributed by atoms with van der Waals surface area (Å²) in [6, 6.07) is 3.38. The summed E-state index contributed by atoms with van der Waals surface area (Å²) in [4.78, 5) is 22.1. The fraction of sp³-hybridized carbons (Fsp3) is 0.200. The molecule has 4 N–H and O–H groups in total. The molecule has 0 aromatic heterocycles. The zero-order chi connectivity index (χ0) is 12.3. The molecule has 0 spiro atoms. The van der Waals surface area contributed by atoms with Gasteiger partial charge in [-0.05, 0) is 25.1 Å². The molecule has 1 aromatic rings. The van der Waals surface area contributed by atoms with E-state index >= 15 is 0 Å². The Hall–Kier alpha value is -2.11. The lowest BCUT2D eigenvalue weighted by molar-refractivity contribution is -0.125. The van der Waals surface area contributed by atoms with Crippen LogP contribution in [0.5, 0.6) is 0 Å². The van der Waals surface area contributed by atoms with Crippen molar-refractivity contribution in [2.75, 3.05) is 5.73 Å². The van der Waals surface area contributed by atoms with Crippen molar-refractivity contribution in [3.8, 4) is 0 Å². The molecule has 0 aliphatic carbocycles. The van der Waals surface area contributed by atoms with E-state index in [-0.39, 0.29) is 11.3 Å². The maximum atomic E-state index is 12.8. The van der Waals surface area contributed by atoms with Crippen LogP contribution in [-0.4, -0.2) is 18.0 Å².